The highest BCUT2D eigenvalue weighted by Crippen LogP contribution is 2.41. The van der Waals surface area contributed by atoms with E-state index in [1.807, 2.05) is 12.1 Å². The fourth-order valence-electron chi connectivity index (χ4n) is 4.03. The van der Waals surface area contributed by atoms with E-state index in [4.69, 9.17) is 14.4 Å². The van der Waals surface area contributed by atoms with E-state index in [1.54, 1.807) is 0 Å². The number of aromatic nitrogens is 2. The number of rotatable bonds is 2. The number of nitrogens with zero attached hydrogens (tertiary/aromatic N) is 3. The SMILES string of the molecule is CC(C)(C)N1CCC2(CCc3cc(-c4noc(CO)n4)ccc3O2)CC1. The highest BCUT2D eigenvalue weighted by Gasteiger charge is 2.41. The Morgan fingerprint density at radius 2 is 1.96 bits per heavy atom. The zero-order valence-corrected chi connectivity index (χ0v) is 15.8. The fraction of sp³-hybridized carbons (Fsp3) is 0.600. The summed E-state index contributed by atoms with van der Waals surface area (Å²) in [5.74, 6) is 1.73. The van der Waals surface area contributed by atoms with Gasteiger partial charge in [0.15, 0.2) is 0 Å². The van der Waals surface area contributed by atoms with Gasteiger partial charge in [-0.2, -0.15) is 4.98 Å². The Morgan fingerprint density at radius 3 is 2.62 bits per heavy atom. The third-order valence-electron chi connectivity index (χ3n) is 5.72. The minimum Gasteiger partial charge on any atom is -0.487 e. The first kappa shape index (κ1) is 17.5. The lowest BCUT2D eigenvalue weighted by Crippen LogP contribution is -2.54. The van der Waals surface area contributed by atoms with Crippen LogP contribution in [0.15, 0.2) is 22.7 Å². The van der Waals surface area contributed by atoms with Crippen molar-refractivity contribution in [1.29, 1.82) is 0 Å². The van der Waals surface area contributed by atoms with Crippen LogP contribution in [0.2, 0.25) is 0 Å². The summed E-state index contributed by atoms with van der Waals surface area (Å²) in [5.41, 5.74) is 2.30. The average molecular weight is 357 g/mol. The van der Waals surface area contributed by atoms with Gasteiger partial charge in [0.25, 0.3) is 5.89 Å². The molecule has 0 amide bonds. The number of hydrogen-bond donors (Lipinski definition) is 1. The van der Waals surface area contributed by atoms with E-state index >= 15 is 0 Å². The highest BCUT2D eigenvalue weighted by molar-refractivity contribution is 5.58. The minimum absolute atomic E-state index is 0.0214. The quantitative estimate of drug-likeness (QED) is 0.890. The van der Waals surface area contributed by atoms with Gasteiger partial charge in [-0.3, -0.25) is 4.90 Å². The second-order valence-corrected chi connectivity index (χ2v) is 8.44. The second-order valence-electron chi connectivity index (χ2n) is 8.44. The number of hydrogen-bond acceptors (Lipinski definition) is 6. The van der Waals surface area contributed by atoms with E-state index in [9.17, 15) is 0 Å². The number of aliphatic hydroxyl groups excluding tert-OH is 1. The molecule has 4 rings (SSSR count). The maximum Gasteiger partial charge on any atom is 0.252 e. The number of piperidine rings is 1. The van der Waals surface area contributed by atoms with Crippen LogP contribution in [0.5, 0.6) is 5.75 Å². The van der Waals surface area contributed by atoms with Crippen LogP contribution in [0, 0.1) is 0 Å². The number of aliphatic hydroxyl groups is 1. The first-order valence-corrected chi connectivity index (χ1v) is 9.39. The fourth-order valence-corrected chi connectivity index (χ4v) is 4.03. The van der Waals surface area contributed by atoms with Crippen LogP contribution in [-0.2, 0) is 13.0 Å². The summed E-state index contributed by atoms with van der Waals surface area (Å²) in [6.45, 7) is 8.78. The Hall–Kier alpha value is -1.92. The minimum atomic E-state index is -0.241. The largest absolute Gasteiger partial charge is 0.487 e. The first-order chi connectivity index (χ1) is 12.4. The normalized spacial score (nSPS) is 20.0. The monoisotopic (exact) mass is 357 g/mol. The number of ether oxygens (including phenoxy) is 1. The van der Waals surface area contributed by atoms with Gasteiger partial charge in [0.05, 0.1) is 0 Å². The second kappa shape index (κ2) is 6.35. The molecule has 1 spiro atoms. The van der Waals surface area contributed by atoms with Crippen molar-refractivity contribution < 1.29 is 14.4 Å². The third-order valence-corrected chi connectivity index (χ3v) is 5.72. The standard InChI is InChI=1S/C20H27N3O3/c1-19(2,3)23-10-8-20(9-11-23)7-6-14-12-15(4-5-16(14)25-20)18-21-17(13-24)26-22-18/h4-5,12,24H,6-11,13H2,1-3H3. The van der Waals surface area contributed by atoms with Crippen LogP contribution in [0.3, 0.4) is 0 Å². The third kappa shape index (κ3) is 3.23. The molecule has 1 aromatic carbocycles. The molecule has 0 radical (unpaired) electrons. The summed E-state index contributed by atoms with van der Waals surface area (Å²) >= 11 is 0. The molecule has 1 fully saturated rings. The molecule has 140 valence electrons. The Bertz CT molecular complexity index is 786. The summed E-state index contributed by atoms with van der Waals surface area (Å²) < 4.78 is 11.5. The van der Waals surface area contributed by atoms with Crippen molar-refractivity contribution in [1.82, 2.24) is 15.0 Å². The molecule has 0 unspecified atom stereocenters. The molecule has 6 heteroatoms. The van der Waals surface area contributed by atoms with E-state index < -0.39 is 0 Å². The summed E-state index contributed by atoms with van der Waals surface area (Å²) in [6.07, 6.45) is 4.21. The zero-order valence-electron chi connectivity index (χ0n) is 15.8. The van der Waals surface area contributed by atoms with Crippen molar-refractivity contribution in [2.24, 2.45) is 0 Å². The molecule has 2 aliphatic heterocycles. The molecule has 1 N–H and O–H groups in total. The average Bonchev–Trinajstić information content (AvgIpc) is 3.10. The molecule has 0 atom stereocenters. The predicted octanol–water partition coefficient (Wildman–Crippen LogP) is 3.19. The predicted molar refractivity (Wildman–Crippen MR) is 97.9 cm³/mol. The van der Waals surface area contributed by atoms with Crippen molar-refractivity contribution >= 4 is 0 Å². The molecule has 1 saturated heterocycles. The molecule has 26 heavy (non-hydrogen) atoms. The van der Waals surface area contributed by atoms with Crippen LogP contribution in [0.1, 0.15) is 51.5 Å². The Balaban J connectivity index is 1.50. The molecule has 0 bridgehead atoms. The number of benzene rings is 1. The maximum atomic E-state index is 9.08. The summed E-state index contributed by atoms with van der Waals surface area (Å²) in [4.78, 5) is 6.74. The van der Waals surface area contributed by atoms with Gasteiger partial charge < -0.3 is 14.4 Å². The Morgan fingerprint density at radius 1 is 1.19 bits per heavy atom. The van der Waals surface area contributed by atoms with Gasteiger partial charge in [0.1, 0.15) is 18.0 Å². The lowest BCUT2D eigenvalue weighted by molar-refractivity contribution is -0.0355. The smallest absolute Gasteiger partial charge is 0.252 e. The van der Waals surface area contributed by atoms with Crippen molar-refractivity contribution in [2.45, 2.75) is 64.2 Å². The van der Waals surface area contributed by atoms with E-state index in [1.165, 1.54) is 5.56 Å². The van der Waals surface area contributed by atoms with Crippen molar-refractivity contribution in [3.63, 3.8) is 0 Å². The molecule has 0 saturated carbocycles. The van der Waals surface area contributed by atoms with Crippen LogP contribution in [0.25, 0.3) is 11.4 Å². The number of fused-ring (bicyclic) bond motifs is 1. The van der Waals surface area contributed by atoms with Gasteiger partial charge in [-0.05, 0) is 70.2 Å². The molecule has 3 heterocycles. The van der Waals surface area contributed by atoms with Crippen LogP contribution in [-0.4, -0.2) is 44.4 Å². The van der Waals surface area contributed by atoms with Crippen LogP contribution >= 0.6 is 0 Å². The van der Waals surface area contributed by atoms with Crippen LogP contribution < -0.4 is 4.74 Å². The summed E-state index contributed by atoms with van der Waals surface area (Å²) in [6, 6.07) is 6.07. The van der Waals surface area contributed by atoms with E-state index in [0.29, 0.717) is 5.82 Å². The first-order valence-electron chi connectivity index (χ1n) is 9.39. The molecule has 2 aromatic rings. The molecular weight excluding hydrogens is 330 g/mol. The van der Waals surface area contributed by atoms with Gasteiger partial charge in [0, 0.05) is 24.2 Å². The Labute approximate surface area is 154 Å². The zero-order chi connectivity index (χ0) is 18.4. The molecule has 1 aromatic heterocycles. The lowest BCUT2D eigenvalue weighted by Gasteiger charge is -2.48. The Kier molecular flexibility index (Phi) is 4.28. The summed E-state index contributed by atoms with van der Waals surface area (Å²) in [7, 11) is 0. The van der Waals surface area contributed by atoms with Gasteiger partial charge in [-0.1, -0.05) is 5.16 Å². The van der Waals surface area contributed by atoms with E-state index in [0.717, 1.165) is 50.1 Å². The van der Waals surface area contributed by atoms with Crippen molar-refractivity contribution in [2.75, 3.05) is 13.1 Å². The maximum absolute atomic E-state index is 9.08. The summed E-state index contributed by atoms with van der Waals surface area (Å²) in [5, 5.41) is 13.0. The van der Waals surface area contributed by atoms with Crippen molar-refractivity contribution in [3.8, 4) is 17.1 Å². The lowest BCUT2D eigenvalue weighted by atomic mass is 9.81. The van der Waals surface area contributed by atoms with E-state index in [-0.39, 0.29) is 23.6 Å². The van der Waals surface area contributed by atoms with Gasteiger partial charge in [0.2, 0.25) is 5.82 Å². The topological polar surface area (TPSA) is 71.6 Å². The molecular formula is C20H27N3O3. The molecule has 6 nitrogen and oxygen atoms in total. The molecule has 0 aliphatic carbocycles. The molecule has 2 aliphatic rings. The van der Waals surface area contributed by atoms with Gasteiger partial charge >= 0.3 is 0 Å². The number of aryl methyl sites for hydroxylation is 1. The number of likely N-dealkylation sites (tertiary alicyclic amines) is 1. The van der Waals surface area contributed by atoms with Crippen LogP contribution in [0.4, 0.5) is 0 Å². The van der Waals surface area contributed by atoms with E-state index in [2.05, 4.69) is 41.9 Å². The van der Waals surface area contributed by atoms with Gasteiger partial charge in [-0.25, -0.2) is 0 Å². The highest BCUT2D eigenvalue weighted by atomic mass is 16.5. The van der Waals surface area contributed by atoms with Gasteiger partial charge in [-0.15, -0.1) is 0 Å². The van der Waals surface area contributed by atoms with Crippen molar-refractivity contribution in [3.05, 3.63) is 29.7 Å².